The number of hydrogen-bond donors (Lipinski definition) is 1. The van der Waals surface area contributed by atoms with Crippen molar-refractivity contribution in [1.29, 1.82) is 0 Å². The minimum absolute atomic E-state index is 0.170. The Labute approximate surface area is 139 Å². The van der Waals surface area contributed by atoms with Gasteiger partial charge in [-0.15, -0.1) is 0 Å². The SMILES string of the molecule is CCC1(CC(C)C)C(=O)NC=C(B2OC(C)(C)C(C)(C)O2)C1=O. The van der Waals surface area contributed by atoms with Gasteiger partial charge in [-0.2, -0.15) is 0 Å². The number of nitrogens with one attached hydrogen (secondary N) is 1. The molecule has 2 aliphatic heterocycles. The van der Waals surface area contributed by atoms with Crippen molar-refractivity contribution in [2.45, 2.75) is 72.5 Å². The first-order valence-electron chi connectivity index (χ1n) is 8.38. The quantitative estimate of drug-likeness (QED) is 0.639. The largest absolute Gasteiger partial charge is 0.500 e. The molecule has 0 radical (unpaired) electrons. The Balaban J connectivity index is 2.35. The third-order valence-electron chi connectivity index (χ3n) is 5.36. The molecule has 1 atom stereocenters. The number of carbonyl (C=O) groups excluding carboxylic acids is 2. The van der Waals surface area contributed by atoms with Crippen molar-refractivity contribution in [3.8, 4) is 0 Å². The summed E-state index contributed by atoms with van der Waals surface area (Å²) in [5, 5.41) is 2.76. The van der Waals surface area contributed by atoms with E-state index in [2.05, 4.69) is 5.32 Å². The summed E-state index contributed by atoms with van der Waals surface area (Å²) in [5.74, 6) is -0.155. The smallest absolute Gasteiger partial charge is 0.399 e. The standard InChI is InChI=1S/C17H28BNO4/c1-8-17(9-11(2)3)13(20)12(10-19-14(17)21)18-22-15(4,5)16(6,7)23-18/h10-11H,8-9H2,1-7H3,(H,19,21). The number of ketones is 1. The lowest BCUT2D eigenvalue weighted by molar-refractivity contribution is -0.142. The molecule has 0 aromatic heterocycles. The van der Waals surface area contributed by atoms with Gasteiger partial charge < -0.3 is 14.6 Å². The van der Waals surface area contributed by atoms with Gasteiger partial charge in [-0.05, 0) is 46.5 Å². The molecule has 0 aromatic carbocycles. The summed E-state index contributed by atoms with van der Waals surface area (Å²) in [6.07, 6.45) is 2.44. The highest BCUT2D eigenvalue weighted by molar-refractivity contribution is 6.63. The van der Waals surface area contributed by atoms with Crippen molar-refractivity contribution >= 4 is 18.8 Å². The number of rotatable bonds is 4. The second-order valence-corrected chi connectivity index (χ2v) is 8.02. The summed E-state index contributed by atoms with van der Waals surface area (Å²) >= 11 is 0. The molecule has 6 heteroatoms. The molecule has 1 N–H and O–H groups in total. The minimum Gasteiger partial charge on any atom is -0.399 e. The van der Waals surface area contributed by atoms with Crippen molar-refractivity contribution < 1.29 is 18.9 Å². The lowest BCUT2D eigenvalue weighted by Crippen LogP contribution is -2.52. The molecular formula is C17H28BNO4. The lowest BCUT2D eigenvalue weighted by atomic mass is 9.62. The molecule has 0 spiro atoms. The van der Waals surface area contributed by atoms with Crippen LogP contribution in [0.15, 0.2) is 11.7 Å². The van der Waals surface area contributed by atoms with Crippen LogP contribution < -0.4 is 5.32 Å². The summed E-state index contributed by atoms with van der Waals surface area (Å²) in [7, 11) is -0.744. The van der Waals surface area contributed by atoms with Crippen LogP contribution in [0.5, 0.6) is 0 Å². The Morgan fingerprint density at radius 3 is 2.09 bits per heavy atom. The van der Waals surface area contributed by atoms with Crippen molar-refractivity contribution in [2.24, 2.45) is 11.3 Å². The molecule has 1 unspecified atom stereocenters. The third-order valence-corrected chi connectivity index (χ3v) is 5.36. The summed E-state index contributed by atoms with van der Waals surface area (Å²) in [4.78, 5) is 25.6. The maximum atomic E-state index is 13.1. The van der Waals surface area contributed by atoms with Crippen LogP contribution in [0.2, 0.25) is 0 Å². The average Bonchev–Trinajstić information content (AvgIpc) is 2.63. The Bertz CT molecular complexity index is 537. The van der Waals surface area contributed by atoms with E-state index >= 15 is 0 Å². The normalized spacial score (nSPS) is 29.7. The molecule has 2 heterocycles. The third kappa shape index (κ3) is 2.87. The van der Waals surface area contributed by atoms with E-state index in [1.807, 2.05) is 48.5 Å². The second-order valence-electron chi connectivity index (χ2n) is 8.02. The molecule has 128 valence electrons. The highest BCUT2D eigenvalue weighted by atomic mass is 16.7. The zero-order valence-corrected chi connectivity index (χ0v) is 15.3. The number of hydrogen-bond acceptors (Lipinski definition) is 4. The van der Waals surface area contributed by atoms with E-state index in [1.54, 1.807) is 0 Å². The summed E-state index contributed by atoms with van der Waals surface area (Å²) in [6.45, 7) is 13.7. The van der Waals surface area contributed by atoms with Gasteiger partial charge in [0, 0.05) is 11.7 Å². The Kier molecular flexibility index (Phi) is 4.55. The minimum atomic E-state index is -1.03. The van der Waals surface area contributed by atoms with Crippen molar-refractivity contribution in [3.63, 3.8) is 0 Å². The van der Waals surface area contributed by atoms with Crippen molar-refractivity contribution in [2.75, 3.05) is 0 Å². The van der Waals surface area contributed by atoms with Gasteiger partial charge in [0.15, 0.2) is 5.78 Å². The van der Waals surface area contributed by atoms with Crippen LogP contribution in [0.25, 0.3) is 0 Å². The fourth-order valence-electron chi connectivity index (χ4n) is 3.22. The van der Waals surface area contributed by atoms with Gasteiger partial charge in [0.1, 0.15) is 5.41 Å². The van der Waals surface area contributed by atoms with E-state index < -0.39 is 23.7 Å². The van der Waals surface area contributed by atoms with Gasteiger partial charge in [-0.1, -0.05) is 20.8 Å². The monoisotopic (exact) mass is 321 g/mol. The maximum absolute atomic E-state index is 13.1. The van der Waals surface area contributed by atoms with E-state index in [9.17, 15) is 9.59 Å². The zero-order chi connectivity index (χ0) is 17.6. The van der Waals surface area contributed by atoms with Crippen LogP contribution in [-0.2, 0) is 18.9 Å². The van der Waals surface area contributed by atoms with Gasteiger partial charge in [-0.3, -0.25) is 9.59 Å². The first-order chi connectivity index (χ1) is 10.5. The summed E-state index contributed by atoms with van der Waals surface area (Å²) in [5.41, 5.74) is -1.66. The van der Waals surface area contributed by atoms with Gasteiger partial charge in [0.25, 0.3) is 0 Å². The number of amides is 1. The predicted octanol–water partition coefficient (Wildman–Crippen LogP) is 2.64. The maximum Gasteiger partial charge on any atom is 0.500 e. The number of allylic oxidation sites excluding steroid dienone is 1. The Hall–Kier alpha value is -1.14. The van der Waals surface area contributed by atoms with Gasteiger partial charge >= 0.3 is 7.12 Å². The van der Waals surface area contributed by atoms with Gasteiger partial charge in [0.2, 0.25) is 5.91 Å². The first-order valence-corrected chi connectivity index (χ1v) is 8.38. The fourth-order valence-corrected chi connectivity index (χ4v) is 3.22. The molecule has 0 saturated carbocycles. The van der Waals surface area contributed by atoms with E-state index in [-0.39, 0.29) is 17.6 Å². The van der Waals surface area contributed by atoms with E-state index in [0.717, 1.165) is 0 Å². The van der Waals surface area contributed by atoms with Gasteiger partial charge in [-0.25, -0.2) is 0 Å². The van der Waals surface area contributed by atoms with Crippen LogP contribution in [0, 0.1) is 11.3 Å². The molecule has 23 heavy (non-hydrogen) atoms. The summed E-state index contributed by atoms with van der Waals surface area (Å²) < 4.78 is 12.0. The van der Waals surface area contributed by atoms with E-state index in [0.29, 0.717) is 18.3 Å². The fraction of sp³-hybridized carbons (Fsp3) is 0.765. The highest BCUT2D eigenvalue weighted by Crippen LogP contribution is 2.42. The number of carbonyl (C=O) groups is 2. The van der Waals surface area contributed by atoms with E-state index in [4.69, 9.17) is 9.31 Å². The first kappa shape index (κ1) is 18.2. The van der Waals surface area contributed by atoms with Gasteiger partial charge in [0.05, 0.1) is 11.2 Å². The van der Waals surface area contributed by atoms with Crippen LogP contribution in [0.1, 0.15) is 61.3 Å². The molecule has 1 amide bonds. The van der Waals surface area contributed by atoms with Crippen LogP contribution in [0.3, 0.4) is 0 Å². The Morgan fingerprint density at radius 2 is 1.65 bits per heavy atom. The van der Waals surface area contributed by atoms with E-state index in [1.165, 1.54) is 6.20 Å². The number of Topliss-reactive ketones (excluding diaryl/α,β-unsaturated/α-hetero) is 1. The molecule has 1 fully saturated rings. The summed E-state index contributed by atoms with van der Waals surface area (Å²) in [6, 6.07) is 0. The molecule has 2 rings (SSSR count). The van der Waals surface area contributed by atoms with Crippen LogP contribution >= 0.6 is 0 Å². The van der Waals surface area contributed by atoms with Crippen molar-refractivity contribution in [1.82, 2.24) is 5.32 Å². The predicted molar refractivity (Wildman–Crippen MR) is 89.5 cm³/mol. The Morgan fingerprint density at radius 1 is 1.13 bits per heavy atom. The topological polar surface area (TPSA) is 64.6 Å². The van der Waals surface area contributed by atoms with Crippen molar-refractivity contribution in [3.05, 3.63) is 11.7 Å². The average molecular weight is 321 g/mol. The van der Waals surface area contributed by atoms with Crippen LogP contribution in [-0.4, -0.2) is 30.0 Å². The molecule has 1 saturated heterocycles. The zero-order valence-electron chi connectivity index (χ0n) is 15.3. The molecule has 0 aliphatic carbocycles. The molecular weight excluding hydrogens is 293 g/mol. The van der Waals surface area contributed by atoms with Crippen LogP contribution in [0.4, 0.5) is 0 Å². The molecule has 0 aromatic rings. The lowest BCUT2D eigenvalue weighted by Gasteiger charge is -2.35. The second kappa shape index (κ2) is 5.74. The molecule has 0 bridgehead atoms. The molecule has 2 aliphatic rings. The molecule has 5 nitrogen and oxygen atoms in total. The highest BCUT2D eigenvalue weighted by Gasteiger charge is 2.57.